The summed E-state index contributed by atoms with van der Waals surface area (Å²) in [5, 5.41) is 12.2. The zero-order valence-electron chi connectivity index (χ0n) is 21.4. The second-order valence-electron chi connectivity index (χ2n) is 9.54. The highest BCUT2D eigenvalue weighted by Gasteiger charge is 2.26. The summed E-state index contributed by atoms with van der Waals surface area (Å²) < 4.78 is 4.96. The predicted octanol–water partition coefficient (Wildman–Crippen LogP) is 6.36. The van der Waals surface area contributed by atoms with Crippen LogP contribution in [0.1, 0.15) is 60.8 Å². The number of carbonyl (C=O) groups is 3. The van der Waals surface area contributed by atoms with E-state index in [0.29, 0.717) is 5.57 Å². The summed E-state index contributed by atoms with van der Waals surface area (Å²) in [5.74, 6) is -2.61. The molecule has 0 saturated carbocycles. The monoisotopic (exact) mass is 477 g/mol. The summed E-state index contributed by atoms with van der Waals surface area (Å²) in [7, 11) is 0. The van der Waals surface area contributed by atoms with E-state index in [1.165, 1.54) is 42.2 Å². The molecule has 0 atom stereocenters. The molecule has 2 rings (SSSR count). The number of esters is 1. The van der Waals surface area contributed by atoms with E-state index in [0.717, 1.165) is 25.0 Å². The van der Waals surface area contributed by atoms with Gasteiger partial charge in [0.2, 0.25) is 11.7 Å². The smallest absolute Gasteiger partial charge is 0.379 e. The summed E-state index contributed by atoms with van der Waals surface area (Å²) in [6, 6.07) is 3.88. The Balaban J connectivity index is 2.05. The number of hydrogen-bond acceptors (Lipinski definition) is 5. The van der Waals surface area contributed by atoms with Gasteiger partial charge in [-0.1, -0.05) is 55.4 Å². The third kappa shape index (κ3) is 8.56. The Bertz CT molecular complexity index is 1150. The van der Waals surface area contributed by atoms with E-state index in [1.807, 2.05) is 25.2 Å². The van der Waals surface area contributed by atoms with Crippen molar-refractivity contribution in [2.24, 2.45) is 5.41 Å². The van der Waals surface area contributed by atoms with Gasteiger partial charge < -0.3 is 15.2 Å². The number of ketones is 1. The van der Waals surface area contributed by atoms with E-state index in [1.54, 1.807) is 6.92 Å². The lowest BCUT2D eigenvalue weighted by atomic mass is 9.72. The van der Waals surface area contributed by atoms with Gasteiger partial charge in [-0.05, 0) is 68.7 Å². The number of rotatable bonds is 8. The van der Waals surface area contributed by atoms with Crippen molar-refractivity contribution in [2.75, 3.05) is 5.32 Å². The minimum Gasteiger partial charge on any atom is -0.508 e. The average molecular weight is 478 g/mol. The van der Waals surface area contributed by atoms with Crippen LogP contribution in [0.5, 0.6) is 11.5 Å². The van der Waals surface area contributed by atoms with Gasteiger partial charge in [0.1, 0.15) is 5.75 Å². The molecule has 1 amide bonds. The average Bonchev–Trinajstić information content (AvgIpc) is 2.74. The molecule has 1 aromatic rings. The first-order valence-corrected chi connectivity index (χ1v) is 11.7. The molecule has 0 saturated heterocycles. The Morgan fingerprint density at radius 2 is 1.80 bits per heavy atom. The van der Waals surface area contributed by atoms with Gasteiger partial charge in [-0.2, -0.15) is 0 Å². The highest BCUT2D eigenvalue weighted by molar-refractivity contribution is 6.33. The van der Waals surface area contributed by atoms with Crippen molar-refractivity contribution in [1.29, 1.82) is 0 Å². The summed E-state index contributed by atoms with van der Waals surface area (Å²) in [5.41, 5.74) is 5.04. The number of Topliss-reactive ketones (excluding diaryl/α,β-unsaturated/α-hetero) is 1. The predicted molar refractivity (Wildman–Crippen MR) is 139 cm³/mol. The Morgan fingerprint density at radius 1 is 1.09 bits per heavy atom. The Labute approximate surface area is 207 Å². The molecule has 0 spiro atoms. The molecule has 0 bridgehead atoms. The number of phenolic OH excluding ortho intramolecular Hbond substituents is 1. The molecule has 35 heavy (non-hydrogen) atoms. The lowest BCUT2D eigenvalue weighted by molar-refractivity contribution is -0.146. The van der Waals surface area contributed by atoms with E-state index in [-0.39, 0.29) is 22.6 Å². The van der Waals surface area contributed by atoms with E-state index >= 15 is 0 Å². The van der Waals surface area contributed by atoms with Crippen molar-refractivity contribution in [2.45, 2.75) is 60.8 Å². The lowest BCUT2D eigenvalue weighted by Crippen LogP contribution is -2.19. The fraction of sp³-hybridized carbons (Fsp3) is 0.345. The Hall–Kier alpha value is -3.67. The van der Waals surface area contributed by atoms with Gasteiger partial charge in [-0.15, -0.1) is 0 Å². The fourth-order valence-electron chi connectivity index (χ4n) is 3.93. The lowest BCUT2D eigenvalue weighted by Gasteiger charge is -2.32. The first-order valence-electron chi connectivity index (χ1n) is 11.7. The highest BCUT2D eigenvalue weighted by atomic mass is 16.5. The van der Waals surface area contributed by atoms with Crippen LogP contribution in [0.15, 0.2) is 76.9 Å². The quantitative estimate of drug-likeness (QED) is 0.114. The molecule has 1 aliphatic carbocycles. The molecule has 0 aromatic heterocycles. The number of phenols is 1. The first-order chi connectivity index (χ1) is 16.4. The zero-order chi connectivity index (χ0) is 26.2. The molecule has 1 aromatic carbocycles. The van der Waals surface area contributed by atoms with Crippen LogP contribution in [0.2, 0.25) is 0 Å². The molecular formula is C29H35NO5. The minimum atomic E-state index is -1.09. The van der Waals surface area contributed by atoms with Crippen molar-refractivity contribution >= 4 is 23.3 Å². The molecule has 0 radical (unpaired) electrons. The van der Waals surface area contributed by atoms with Crippen LogP contribution in [-0.4, -0.2) is 22.8 Å². The van der Waals surface area contributed by atoms with Crippen molar-refractivity contribution in [3.63, 3.8) is 0 Å². The number of aromatic hydroxyl groups is 1. The second-order valence-corrected chi connectivity index (χ2v) is 9.54. The third-order valence-corrected chi connectivity index (χ3v) is 5.85. The third-order valence-electron chi connectivity index (χ3n) is 5.85. The molecule has 2 N–H and O–H groups in total. The van der Waals surface area contributed by atoms with Crippen LogP contribution in [0.4, 0.5) is 5.69 Å². The van der Waals surface area contributed by atoms with Crippen LogP contribution in [0.3, 0.4) is 0 Å². The number of hydrogen-bond donors (Lipinski definition) is 2. The zero-order valence-corrected chi connectivity index (χ0v) is 21.4. The summed E-state index contributed by atoms with van der Waals surface area (Å²) in [6.45, 7) is 11.7. The SMILES string of the molecule is CC(=O)C(=O)Oc1cc(O)ccc1NC(=O)/C=C(C)/C=C/C=C(C)/C=C/C1=C(C)CCCC1(C)C. The fourth-order valence-corrected chi connectivity index (χ4v) is 3.93. The van der Waals surface area contributed by atoms with E-state index in [4.69, 9.17) is 4.74 Å². The van der Waals surface area contributed by atoms with Gasteiger partial charge in [0.05, 0.1) is 5.69 Å². The van der Waals surface area contributed by atoms with Gasteiger partial charge in [-0.3, -0.25) is 9.59 Å². The van der Waals surface area contributed by atoms with E-state index in [2.05, 4.69) is 38.2 Å². The first kappa shape index (κ1) is 27.6. The Kier molecular flexibility index (Phi) is 9.58. The highest BCUT2D eigenvalue weighted by Crippen LogP contribution is 2.40. The van der Waals surface area contributed by atoms with E-state index < -0.39 is 17.7 Å². The standard InChI is InChI=1S/C29H35NO5/c1-19(12-14-24-21(3)11-8-16-29(24,5)6)9-7-10-20(2)17-27(33)30-25-15-13-23(32)18-26(25)35-28(34)22(4)31/h7,9-10,12-15,17-18,32H,8,11,16H2,1-6H3,(H,30,33)/b10-7+,14-12+,19-9+,20-17+. The largest absolute Gasteiger partial charge is 0.508 e. The van der Waals surface area contributed by atoms with Crippen molar-refractivity contribution in [1.82, 2.24) is 0 Å². The van der Waals surface area contributed by atoms with Crippen LogP contribution in [-0.2, 0) is 14.4 Å². The maximum absolute atomic E-state index is 12.4. The number of anilines is 1. The maximum atomic E-state index is 12.4. The Morgan fingerprint density at radius 3 is 2.46 bits per heavy atom. The van der Waals surface area contributed by atoms with E-state index in [9.17, 15) is 19.5 Å². The second kappa shape index (κ2) is 12.2. The van der Waals surface area contributed by atoms with Crippen LogP contribution in [0.25, 0.3) is 0 Å². The number of ether oxygens (including phenoxy) is 1. The maximum Gasteiger partial charge on any atom is 0.379 e. The summed E-state index contributed by atoms with van der Waals surface area (Å²) >= 11 is 0. The van der Waals surface area contributed by atoms with Gasteiger partial charge in [-0.25, -0.2) is 4.79 Å². The molecule has 1 aliphatic rings. The number of nitrogens with one attached hydrogen (secondary N) is 1. The molecule has 0 heterocycles. The van der Waals surface area contributed by atoms with Gasteiger partial charge in [0.15, 0.2) is 5.75 Å². The molecule has 6 heteroatoms. The topological polar surface area (TPSA) is 92.7 Å². The van der Waals surface area contributed by atoms with Gasteiger partial charge in [0.25, 0.3) is 0 Å². The summed E-state index contributed by atoms with van der Waals surface area (Å²) in [6.07, 6.45) is 15.0. The molecule has 6 nitrogen and oxygen atoms in total. The number of amides is 1. The number of carbonyl (C=O) groups excluding carboxylic acids is 3. The molecule has 0 fully saturated rings. The van der Waals surface area contributed by atoms with Crippen LogP contribution >= 0.6 is 0 Å². The van der Waals surface area contributed by atoms with Gasteiger partial charge >= 0.3 is 5.97 Å². The molecular weight excluding hydrogens is 442 g/mol. The van der Waals surface area contributed by atoms with Crippen molar-refractivity contribution < 1.29 is 24.2 Å². The van der Waals surface area contributed by atoms with Crippen LogP contribution in [0, 0.1) is 5.41 Å². The van der Waals surface area contributed by atoms with Crippen LogP contribution < -0.4 is 10.1 Å². The number of allylic oxidation sites excluding steroid dienone is 9. The van der Waals surface area contributed by atoms with Gasteiger partial charge in [0, 0.05) is 19.1 Å². The van der Waals surface area contributed by atoms with Crippen molar-refractivity contribution in [3.05, 3.63) is 76.9 Å². The number of benzene rings is 1. The summed E-state index contributed by atoms with van der Waals surface area (Å²) in [4.78, 5) is 35.2. The molecule has 0 aliphatic heterocycles. The normalized spacial score (nSPS) is 16.6. The molecule has 186 valence electrons. The minimum absolute atomic E-state index is 0.114. The molecule has 0 unspecified atom stereocenters. The van der Waals surface area contributed by atoms with Crippen molar-refractivity contribution in [3.8, 4) is 11.5 Å².